The van der Waals surface area contributed by atoms with Crippen molar-refractivity contribution < 1.29 is 28.5 Å². The van der Waals surface area contributed by atoms with Gasteiger partial charge in [0.2, 0.25) is 5.91 Å². The predicted octanol–water partition coefficient (Wildman–Crippen LogP) is 1.13. The lowest BCUT2D eigenvalue weighted by atomic mass is 10.2. The van der Waals surface area contributed by atoms with Crippen molar-refractivity contribution in [1.29, 1.82) is 0 Å². The molecule has 1 saturated heterocycles. The molecule has 0 N–H and O–H groups in total. The number of benzene rings is 1. The number of rotatable bonds is 8. The average molecular weight is 505 g/mol. The van der Waals surface area contributed by atoms with Gasteiger partial charge in [-0.3, -0.25) is 14.2 Å². The second kappa shape index (κ2) is 12.0. The van der Waals surface area contributed by atoms with Crippen LogP contribution in [0.15, 0.2) is 23.0 Å². The van der Waals surface area contributed by atoms with Crippen LogP contribution in [0.1, 0.15) is 33.3 Å². The molecule has 2 aromatic rings. The van der Waals surface area contributed by atoms with Gasteiger partial charge in [0.05, 0.1) is 43.1 Å². The summed E-state index contributed by atoms with van der Waals surface area (Å²) in [4.78, 5) is 40.2. The van der Waals surface area contributed by atoms with Crippen molar-refractivity contribution in [2.24, 2.45) is 0 Å². The molecule has 1 fully saturated rings. The Hall–Kier alpha value is -3.11. The van der Waals surface area contributed by atoms with E-state index in [0.29, 0.717) is 40.4 Å². The van der Waals surface area contributed by atoms with Gasteiger partial charge in [0.25, 0.3) is 5.56 Å². The quantitative estimate of drug-likeness (QED) is 0.497. The lowest BCUT2D eigenvalue weighted by Crippen LogP contribution is -2.50. The van der Waals surface area contributed by atoms with Crippen LogP contribution in [0.5, 0.6) is 11.5 Å². The Morgan fingerprint density at radius 1 is 1.14 bits per heavy atom. The number of hydrogen-bond donors (Lipinski definition) is 0. The minimum Gasteiger partial charge on any atom is -0.493 e. The van der Waals surface area contributed by atoms with Crippen LogP contribution in [-0.4, -0.2) is 67.0 Å². The van der Waals surface area contributed by atoms with E-state index in [9.17, 15) is 14.4 Å². The van der Waals surface area contributed by atoms with Gasteiger partial charge in [-0.05, 0) is 51.5 Å². The molecule has 1 aromatic carbocycles. The molecule has 0 saturated carbocycles. The number of amides is 1. The molecule has 190 valence electrons. The van der Waals surface area contributed by atoms with Crippen LogP contribution < -0.4 is 24.2 Å². The van der Waals surface area contributed by atoms with Crippen molar-refractivity contribution in [3.8, 4) is 11.5 Å². The number of nitrogens with zero attached hydrogens (tertiary/aromatic N) is 2. The largest absolute Gasteiger partial charge is 0.493 e. The third-order valence-corrected chi connectivity index (χ3v) is 6.38. The molecule has 9 nitrogen and oxygen atoms in total. The highest BCUT2D eigenvalue weighted by Crippen LogP contribution is 2.28. The van der Waals surface area contributed by atoms with Gasteiger partial charge in [-0.25, -0.2) is 4.79 Å². The minimum absolute atomic E-state index is 0.0917. The number of methoxy groups -OCH3 is 1. The van der Waals surface area contributed by atoms with Gasteiger partial charge in [0, 0.05) is 13.1 Å². The van der Waals surface area contributed by atoms with E-state index in [1.54, 1.807) is 37.1 Å². The molecular formula is C25H32N2O7S. The second-order valence-electron chi connectivity index (χ2n) is 8.14. The minimum atomic E-state index is -0.571. The fraction of sp³-hybridized carbons (Fsp3) is 0.480. The third-order valence-electron chi connectivity index (χ3n) is 5.32. The Bertz CT molecular complexity index is 1220. The number of thiazole rings is 1. The van der Waals surface area contributed by atoms with Crippen LogP contribution in [0.4, 0.5) is 0 Å². The summed E-state index contributed by atoms with van der Waals surface area (Å²) in [5.41, 5.74) is 0.363. The molecule has 10 heteroatoms. The van der Waals surface area contributed by atoms with Crippen molar-refractivity contribution in [2.75, 3.05) is 33.4 Å². The van der Waals surface area contributed by atoms with Crippen molar-refractivity contribution in [3.63, 3.8) is 0 Å². The van der Waals surface area contributed by atoms with Gasteiger partial charge in [0.15, 0.2) is 11.5 Å². The Morgan fingerprint density at radius 3 is 2.49 bits per heavy atom. The summed E-state index contributed by atoms with van der Waals surface area (Å²) in [7, 11) is 1.55. The molecule has 35 heavy (non-hydrogen) atoms. The molecule has 2 atom stereocenters. The first-order chi connectivity index (χ1) is 16.7. The lowest BCUT2D eigenvalue weighted by molar-refractivity contribution is -0.144. The van der Waals surface area contributed by atoms with Crippen LogP contribution in [0.25, 0.3) is 12.2 Å². The van der Waals surface area contributed by atoms with E-state index in [1.807, 2.05) is 26.8 Å². The normalized spacial score (nSPS) is 19.1. The smallest absolute Gasteiger partial charge is 0.333 e. The van der Waals surface area contributed by atoms with Crippen LogP contribution >= 0.6 is 11.3 Å². The number of esters is 1. The lowest BCUT2D eigenvalue weighted by Gasteiger charge is -2.35. The topological polar surface area (TPSA) is 96.3 Å². The van der Waals surface area contributed by atoms with Crippen LogP contribution in [0.3, 0.4) is 0 Å². The first-order valence-corrected chi connectivity index (χ1v) is 12.4. The maximum atomic E-state index is 13.3. The molecule has 0 unspecified atom stereocenters. The van der Waals surface area contributed by atoms with Crippen LogP contribution in [0.2, 0.25) is 0 Å². The molecule has 2 heterocycles. The van der Waals surface area contributed by atoms with E-state index in [0.717, 1.165) is 16.9 Å². The summed E-state index contributed by atoms with van der Waals surface area (Å²) in [5, 5.41) is 0. The zero-order valence-corrected chi connectivity index (χ0v) is 21.6. The van der Waals surface area contributed by atoms with Gasteiger partial charge >= 0.3 is 5.97 Å². The molecule has 1 amide bonds. The van der Waals surface area contributed by atoms with E-state index in [2.05, 4.69) is 0 Å². The summed E-state index contributed by atoms with van der Waals surface area (Å²) in [6.07, 6.45) is 2.77. The fourth-order valence-electron chi connectivity index (χ4n) is 3.89. The predicted molar refractivity (Wildman–Crippen MR) is 133 cm³/mol. The number of carbonyl (C=O) groups excluding carboxylic acids is 2. The van der Waals surface area contributed by atoms with E-state index in [-0.39, 0.29) is 36.8 Å². The molecule has 0 bridgehead atoms. The second-order valence-corrected chi connectivity index (χ2v) is 9.20. The molecule has 3 rings (SSSR count). The molecule has 0 spiro atoms. The number of morpholine rings is 1. The molecule has 0 radical (unpaired) electrons. The number of aromatic nitrogens is 1. The van der Waals surface area contributed by atoms with Gasteiger partial charge < -0.3 is 23.8 Å². The molecule has 0 aliphatic carbocycles. The number of ether oxygens (including phenoxy) is 4. The summed E-state index contributed by atoms with van der Waals surface area (Å²) < 4.78 is 23.7. The standard InChI is InChI=1S/C25H32N2O7S/c1-6-32-19-9-8-18(10-20(19)31-5)11-21-25(30)27(23(35-21)12-24(29)33-7-2)15-22(28)26-13-16(3)34-17(4)14-26/h8-12,16-17H,6-7,13-15H2,1-5H3/b21-11-,23-12+/t16-,17-/m1/s1. The Labute approximate surface area is 208 Å². The van der Waals surface area contributed by atoms with Gasteiger partial charge in [-0.1, -0.05) is 6.07 Å². The monoisotopic (exact) mass is 504 g/mol. The van der Waals surface area contributed by atoms with E-state index in [4.69, 9.17) is 18.9 Å². The van der Waals surface area contributed by atoms with Crippen molar-refractivity contribution in [1.82, 2.24) is 9.47 Å². The zero-order chi connectivity index (χ0) is 25.5. The maximum absolute atomic E-state index is 13.3. The number of hydrogen-bond acceptors (Lipinski definition) is 8. The highest BCUT2D eigenvalue weighted by molar-refractivity contribution is 7.07. The summed E-state index contributed by atoms with van der Waals surface area (Å²) in [5.74, 6) is 0.366. The molecular weight excluding hydrogens is 472 g/mol. The first-order valence-electron chi connectivity index (χ1n) is 11.6. The van der Waals surface area contributed by atoms with Crippen molar-refractivity contribution in [2.45, 2.75) is 46.4 Å². The van der Waals surface area contributed by atoms with Gasteiger partial charge in [0.1, 0.15) is 11.2 Å². The zero-order valence-electron chi connectivity index (χ0n) is 20.7. The summed E-state index contributed by atoms with van der Waals surface area (Å²) >= 11 is 1.12. The van der Waals surface area contributed by atoms with Gasteiger partial charge in [-0.2, -0.15) is 0 Å². The highest BCUT2D eigenvalue weighted by Gasteiger charge is 2.26. The molecule has 1 aliphatic rings. The van der Waals surface area contributed by atoms with Crippen molar-refractivity contribution >= 4 is 35.4 Å². The highest BCUT2D eigenvalue weighted by atomic mass is 32.1. The van der Waals surface area contributed by atoms with Crippen LogP contribution in [0, 0.1) is 0 Å². The SMILES string of the molecule is CCOC(=O)/C=c1/s/c(=C\c2ccc(OCC)c(OC)c2)c(=O)n1CC(=O)N1C[C@@H](C)O[C@H](C)C1. The number of carbonyl (C=O) groups is 2. The first kappa shape index (κ1) is 26.5. The Morgan fingerprint density at radius 2 is 1.86 bits per heavy atom. The van der Waals surface area contributed by atoms with E-state index in [1.165, 1.54) is 10.6 Å². The molecule has 1 aromatic heterocycles. The van der Waals surface area contributed by atoms with E-state index >= 15 is 0 Å². The summed E-state index contributed by atoms with van der Waals surface area (Å²) in [6.45, 7) is 8.82. The molecule has 1 aliphatic heterocycles. The fourth-order valence-corrected chi connectivity index (χ4v) is 4.93. The average Bonchev–Trinajstić information content (AvgIpc) is 3.08. The van der Waals surface area contributed by atoms with Crippen LogP contribution in [-0.2, 0) is 25.6 Å². The summed E-state index contributed by atoms with van der Waals surface area (Å²) in [6, 6.07) is 5.36. The van der Waals surface area contributed by atoms with Crippen molar-refractivity contribution in [3.05, 3.63) is 43.3 Å². The third kappa shape index (κ3) is 6.73. The van der Waals surface area contributed by atoms with E-state index < -0.39 is 5.97 Å². The Balaban J connectivity index is 2.02. The maximum Gasteiger partial charge on any atom is 0.333 e. The Kier molecular flexibility index (Phi) is 9.11. The van der Waals surface area contributed by atoms with Gasteiger partial charge in [-0.15, -0.1) is 11.3 Å².